The molecule has 3 heteroatoms. The molecule has 1 aromatic rings. The van der Waals surface area contributed by atoms with Crippen LogP contribution in [0, 0.1) is 17.8 Å². The topological polar surface area (TPSA) is 28.2 Å². The lowest BCUT2D eigenvalue weighted by Gasteiger charge is -2.29. The molecule has 1 N–H and O–H groups in total. The highest BCUT2D eigenvalue weighted by Crippen LogP contribution is 2.45. The van der Waals surface area contributed by atoms with Gasteiger partial charge in [-0.2, -0.15) is 0 Å². The highest BCUT2D eigenvalue weighted by Gasteiger charge is 2.38. The molecule has 3 nitrogen and oxygen atoms in total. The minimum atomic E-state index is 0.524. The number of pyridine rings is 1. The summed E-state index contributed by atoms with van der Waals surface area (Å²) in [6, 6.07) is 4.77. The Balaban J connectivity index is 1.50. The summed E-state index contributed by atoms with van der Waals surface area (Å²) < 4.78 is 0. The number of fused-ring (bicyclic) bond motifs is 2. The van der Waals surface area contributed by atoms with Crippen molar-refractivity contribution in [3.05, 3.63) is 30.5 Å². The number of hydrogen-bond donors (Lipinski definition) is 1. The standard InChI is InChI=1S/C18H25N3/c1-13(16-12-14-6-7-15(16)11-14)20-17-5-4-8-19-18(17)21-9-2-3-10-21/h4-8,13-16,20H,2-3,9-12H2,1H3. The fraction of sp³-hybridized carbons (Fsp3) is 0.611. The van der Waals surface area contributed by atoms with Crippen molar-refractivity contribution in [1.29, 1.82) is 0 Å². The zero-order valence-electron chi connectivity index (χ0n) is 12.8. The van der Waals surface area contributed by atoms with Gasteiger partial charge in [-0.3, -0.25) is 0 Å². The molecule has 21 heavy (non-hydrogen) atoms. The molecule has 0 radical (unpaired) electrons. The van der Waals surface area contributed by atoms with Crippen LogP contribution < -0.4 is 10.2 Å². The van der Waals surface area contributed by atoms with Crippen molar-refractivity contribution in [1.82, 2.24) is 4.98 Å². The van der Waals surface area contributed by atoms with Crippen LogP contribution in [-0.2, 0) is 0 Å². The first-order valence-electron chi connectivity index (χ1n) is 8.46. The number of aromatic nitrogens is 1. The van der Waals surface area contributed by atoms with Gasteiger partial charge in [-0.05, 0) is 62.5 Å². The Bertz CT molecular complexity index is 533. The maximum absolute atomic E-state index is 4.64. The van der Waals surface area contributed by atoms with Gasteiger partial charge in [-0.1, -0.05) is 12.2 Å². The van der Waals surface area contributed by atoms with E-state index in [0.717, 1.165) is 36.7 Å². The second-order valence-corrected chi connectivity index (χ2v) is 6.95. The summed E-state index contributed by atoms with van der Waals surface area (Å²) in [6.07, 6.45) is 12.1. The van der Waals surface area contributed by atoms with Crippen molar-refractivity contribution < 1.29 is 0 Å². The molecular weight excluding hydrogens is 258 g/mol. The summed E-state index contributed by atoms with van der Waals surface area (Å²) in [5.41, 5.74) is 1.22. The lowest BCUT2D eigenvalue weighted by atomic mass is 9.87. The zero-order valence-corrected chi connectivity index (χ0v) is 12.8. The Kier molecular flexibility index (Phi) is 3.36. The van der Waals surface area contributed by atoms with Gasteiger partial charge in [0.25, 0.3) is 0 Å². The van der Waals surface area contributed by atoms with Crippen LogP contribution in [0.5, 0.6) is 0 Å². The number of anilines is 2. The first-order valence-corrected chi connectivity index (χ1v) is 8.46. The van der Waals surface area contributed by atoms with E-state index in [2.05, 4.69) is 46.4 Å². The Morgan fingerprint density at radius 2 is 2.10 bits per heavy atom. The predicted octanol–water partition coefficient (Wildman–Crippen LogP) is 3.69. The highest BCUT2D eigenvalue weighted by molar-refractivity contribution is 5.66. The van der Waals surface area contributed by atoms with Gasteiger partial charge in [-0.15, -0.1) is 0 Å². The minimum absolute atomic E-state index is 0.524. The summed E-state index contributed by atoms with van der Waals surface area (Å²) in [7, 11) is 0. The van der Waals surface area contributed by atoms with Gasteiger partial charge < -0.3 is 10.2 Å². The number of nitrogens with one attached hydrogen (secondary N) is 1. The third kappa shape index (κ3) is 2.43. The largest absolute Gasteiger partial charge is 0.379 e. The van der Waals surface area contributed by atoms with E-state index >= 15 is 0 Å². The molecule has 1 aliphatic heterocycles. The van der Waals surface area contributed by atoms with E-state index in [-0.39, 0.29) is 0 Å². The van der Waals surface area contributed by atoms with E-state index in [4.69, 9.17) is 0 Å². The third-order valence-corrected chi connectivity index (χ3v) is 5.55. The molecule has 1 aromatic heterocycles. The average Bonchev–Trinajstić information content (AvgIpc) is 3.25. The fourth-order valence-corrected chi connectivity index (χ4v) is 4.44. The first kappa shape index (κ1) is 13.2. The second-order valence-electron chi connectivity index (χ2n) is 6.95. The summed E-state index contributed by atoms with van der Waals surface area (Å²) in [4.78, 5) is 7.06. The lowest BCUT2D eigenvalue weighted by molar-refractivity contribution is 0.400. The van der Waals surface area contributed by atoms with Crippen LogP contribution in [0.15, 0.2) is 30.5 Å². The lowest BCUT2D eigenvalue weighted by Crippen LogP contribution is -2.30. The SMILES string of the molecule is CC(Nc1cccnc1N1CCCC1)C1CC2C=CC1C2. The average molecular weight is 283 g/mol. The minimum Gasteiger partial charge on any atom is -0.379 e. The maximum Gasteiger partial charge on any atom is 0.151 e. The molecule has 112 valence electrons. The van der Waals surface area contributed by atoms with Crippen LogP contribution in [0.4, 0.5) is 11.5 Å². The van der Waals surface area contributed by atoms with Crippen molar-refractivity contribution in [3.63, 3.8) is 0 Å². The Morgan fingerprint density at radius 3 is 2.81 bits per heavy atom. The van der Waals surface area contributed by atoms with E-state index in [1.807, 2.05) is 6.20 Å². The van der Waals surface area contributed by atoms with E-state index in [9.17, 15) is 0 Å². The predicted molar refractivity (Wildman–Crippen MR) is 87.6 cm³/mol. The van der Waals surface area contributed by atoms with Gasteiger partial charge in [-0.25, -0.2) is 4.98 Å². The molecule has 0 spiro atoms. The molecule has 0 amide bonds. The van der Waals surface area contributed by atoms with E-state index in [1.54, 1.807) is 0 Å². The van der Waals surface area contributed by atoms with Crippen LogP contribution in [0.1, 0.15) is 32.6 Å². The smallest absolute Gasteiger partial charge is 0.151 e. The Hall–Kier alpha value is -1.51. The molecule has 0 aromatic carbocycles. The molecule has 2 fully saturated rings. The number of hydrogen-bond acceptors (Lipinski definition) is 3. The molecule has 4 atom stereocenters. The second kappa shape index (κ2) is 5.36. The summed E-state index contributed by atoms with van der Waals surface area (Å²) in [5, 5.41) is 3.78. The van der Waals surface area contributed by atoms with Gasteiger partial charge in [0.15, 0.2) is 5.82 Å². The van der Waals surface area contributed by atoms with Gasteiger partial charge in [0.2, 0.25) is 0 Å². The van der Waals surface area contributed by atoms with Crippen molar-refractivity contribution in [3.8, 4) is 0 Å². The van der Waals surface area contributed by atoms with Crippen molar-refractivity contribution in [2.24, 2.45) is 17.8 Å². The molecule has 1 saturated heterocycles. The Labute approximate surface area is 127 Å². The van der Waals surface area contributed by atoms with E-state index in [1.165, 1.54) is 31.4 Å². The zero-order chi connectivity index (χ0) is 14.2. The Morgan fingerprint density at radius 1 is 1.24 bits per heavy atom. The normalized spacial score (nSPS) is 31.9. The summed E-state index contributed by atoms with van der Waals surface area (Å²) >= 11 is 0. The molecule has 2 aliphatic carbocycles. The molecular formula is C18H25N3. The van der Waals surface area contributed by atoms with Crippen LogP contribution in [0.25, 0.3) is 0 Å². The molecule has 2 heterocycles. The molecule has 3 aliphatic rings. The van der Waals surface area contributed by atoms with E-state index in [0.29, 0.717) is 6.04 Å². The highest BCUT2D eigenvalue weighted by atomic mass is 15.2. The van der Waals surface area contributed by atoms with Gasteiger partial charge in [0, 0.05) is 25.3 Å². The van der Waals surface area contributed by atoms with Crippen LogP contribution in [0.2, 0.25) is 0 Å². The van der Waals surface area contributed by atoms with Crippen molar-refractivity contribution in [2.45, 2.75) is 38.6 Å². The van der Waals surface area contributed by atoms with Crippen LogP contribution in [0.3, 0.4) is 0 Å². The number of nitrogens with zero attached hydrogens (tertiary/aromatic N) is 2. The molecule has 4 unspecified atom stereocenters. The van der Waals surface area contributed by atoms with Crippen LogP contribution >= 0.6 is 0 Å². The first-order chi connectivity index (χ1) is 10.3. The van der Waals surface area contributed by atoms with Crippen molar-refractivity contribution in [2.75, 3.05) is 23.3 Å². The van der Waals surface area contributed by atoms with Gasteiger partial charge >= 0.3 is 0 Å². The third-order valence-electron chi connectivity index (χ3n) is 5.55. The molecule has 4 rings (SSSR count). The van der Waals surface area contributed by atoms with Gasteiger partial charge in [0.1, 0.15) is 0 Å². The maximum atomic E-state index is 4.64. The summed E-state index contributed by atoms with van der Waals surface area (Å²) in [6.45, 7) is 4.65. The summed E-state index contributed by atoms with van der Waals surface area (Å²) in [5.74, 6) is 3.58. The van der Waals surface area contributed by atoms with E-state index < -0.39 is 0 Å². The van der Waals surface area contributed by atoms with Crippen molar-refractivity contribution >= 4 is 11.5 Å². The van der Waals surface area contributed by atoms with Gasteiger partial charge in [0.05, 0.1) is 5.69 Å². The molecule has 2 bridgehead atoms. The monoisotopic (exact) mass is 283 g/mol. The van der Waals surface area contributed by atoms with Crippen LogP contribution in [-0.4, -0.2) is 24.1 Å². The molecule has 1 saturated carbocycles. The number of allylic oxidation sites excluding steroid dienone is 2. The quantitative estimate of drug-likeness (QED) is 0.854. The number of rotatable bonds is 4. The fourth-order valence-electron chi connectivity index (χ4n) is 4.44.